The van der Waals surface area contributed by atoms with Gasteiger partial charge in [0.2, 0.25) is 11.8 Å². The van der Waals surface area contributed by atoms with Gasteiger partial charge in [-0.2, -0.15) is 0 Å². The van der Waals surface area contributed by atoms with Gasteiger partial charge in [-0.15, -0.1) is 0 Å². The van der Waals surface area contributed by atoms with Gasteiger partial charge in [-0.05, 0) is 25.1 Å². The molecule has 15 nitrogen and oxygen atoms in total. The highest BCUT2D eigenvalue weighted by molar-refractivity contribution is 6.02. The Morgan fingerprint density at radius 3 is 2.15 bits per heavy atom. The monoisotopic (exact) mass is 483 g/mol. The fraction of sp³-hybridized carbons (Fsp3) is 0.368. The topological polar surface area (TPSA) is 257 Å². The van der Waals surface area contributed by atoms with E-state index in [0.717, 1.165) is 6.92 Å². The summed E-state index contributed by atoms with van der Waals surface area (Å²) in [6.07, 6.45) is -2.42. The number of aliphatic carboxylic acids is 3. The minimum absolute atomic E-state index is 0.0740. The number of nitrogens with one attached hydrogen (secondary N) is 4. The number of hydrogen-bond donors (Lipinski definition) is 9. The fourth-order valence-electron chi connectivity index (χ4n) is 2.60. The largest absolute Gasteiger partial charge is 0.481 e. The number of carbonyl (C=O) groups excluding carboxylic acids is 3. The van der Waals surface area contributed by atoms with Crippen LogP contribution in [0.2, 0.25) is 0 Å². The molecule has 186 valence electrons. The Labute approximate surface area is 192 Å². The third kappa shape index (κ3) is 8.99. The van der Waals surface area contributed by atoms with Gasteiger partial charge in [0.15, 0.2) is 6.04 Å². The SMILES string of the molecule is CC(O)[C@H](NC(=O)C(CC(=O)O)NC(=O)CNC(=O)c1cc(N)ccc1NCC(=O)O)C(=O)O. The summed E-state index contributed by atoms with van der Waals surface area (Å²) in [7, 11) is 0. The number of nitrogen functional groups attached to an aromatic ring is 1. The molecule has 0 aliphatic heterocycles. The first kappa shape index (κ1) is 27.6. The van der Waals surface area contributed by atoms with Gasteiger partial charge in [0.05, 0.1) is 24.6 Å². The van der Waals surface area contributed by atoms with Crippen molar-refractivity contribution in [3.8, 4) is 0 Å². The Morgan fingerprint density at radius 1 is 0.971 bits per heavy atom. The molecule has 0 spiro atoms. The zero-order valence-corrected chi connectivity index (χ0v) is 17.9. The summed E-state index contributed by atoms with van der Waals surface area (Å²) in [4.78, 5) is 69.9. The predicted molar refractivity (Wildman–Crippen MR) is 115 cm³/mol. The lowest BCUT2D eigenvalue weighted by Crippen LogP contribution is -2.56. The number of carbonyl (C=O) groups is 6. The molecular weight excluding hydrogens is 458 g/mol. The van der Waals surface area contributed by atoms with Crippen molar-refractivity contribution in [2.45, 2.75) is 31.5 Å². The van der Waals surface area contributed by atoms with Gasteiger partial charge in [0.1, 0.15) is 12.6 Å². The van der Waals surface area contributed by atoms with Crippen LogP contribution in [0.15, 0.2) is 18.2 Å². The van der Waals surface area contributed by atoms with E-state index in [1.54, 1.807) is 0 Å². The number of rotatable bonds is 13. The molecule has 1 aromatic rings. The quantitative estimate of drug-likeness (QED) is 0.131. The van der Waals surface area contributed by atoms with E-state index in [-0.39, 0.29) is 16.9 Å². The summed E-state index contributed by atoms with van der Waals surface area (Å²) in [5.41, 5.74) is 5.87. The van der Waals surface area contributed by atoms with E-state index in [9.17, 15) is 33.9 Å². The fourth-order valence-corrected chi connectivity index (χ4v) is 2.60. The van der Waals surface area contributed by atoms with Crippen molar-refractivity contribution in [3.05, 3.63) is 23.8 Å². The van der Waals surface area contributed by atoms with Crippen LogP contribution in [0.4, 0.5) is 11.4 Å². The molecule has 10 N–H and O–H groups in total. The maximum absolute atomic E-state index is 12.5. The standard InChI is InChI=1S/C19H25N5O10/c1-8(25)16(19(33)34)24-18(32)12(5-14(27)28)23-13(26)6-22-17(31)10-4-9(20)2-3-11(10)21-7-15(29)30/h2-4,8,12,16,21,25H,5-7,20H2,1H3,(H,22,31)(H,23,26)(H,24,32)(H,27,28)(H,29,30)(H,33,34)/t8?,12?,16-/m0/s1. The molecule has 0 saturated carbocycles. The Kier molecular flexibility index (Phi) is 10.2. The second kappa shape index (κ2) is 12.6. The highest BCUT2D eigenvalue weighted by atomic mass is 16.4. The van der Waals surface area contributed by atoms with Gasteiger partial charge in [-0.3, -0.25) is 24.0 Å². The number of carboxylic acids is 3. The number of nitrogens with two attached hydrogens (primary N) is 1. The van der Waals surface area contributed by atoms with E-state index < -0.39 is 73.3 Å². The zero-order chi connectivity index (χ0) is 26.0. The molecule has 3 atom stereocenters. The average Bonchev–Trinajstić information content (AvgIpc) is 2.73. The van der Waals surface area contributed by atoms with Crippen LogP contribution in [0.25, 0.3) is 0 Å². The van der Waals surface area contributed by atoms with E-state index in [1.165, 1.54) is 18.2 Å². The molecule has 0 aromatic heterocycles. The summed E-state index contributed by atoms with van der Waals surface area (Å²) in [6.45, 7) is -0.121. The lowest BCUT2D eigenvalue weighted by molar-refractivity contribution is -0.145. The Morgan fingerprint density at radius 2 is 1.62 bits per heavy atom. The van der Waals surface area contributed by atoms with Crippen LogP contribution < -0.4 is 27.0 Å². The zero-order valence-electron chi connectivity index (χ0n) is 17.9. The number of hydrogen-bond acceptors (Lipinski definition) is 9. The Bertz CT molecular complexity index is 965. The first-order chi connectivity index (χ1) is 15.8. The molecule has 0 fully saturated rings. The van der Waals surface area contributed by atoms with Crippen LogP contribution in [0, 0.1) is 0 Å². The van der Waals surface area contributed by atoms with Crippen molar-refractivity contribution in [2.24, 2.45) is 0 Å². The Balaban J connectivity index is 2.85. The van der Waals surface area contributed by atoms with E-state index in [0.29, 0.717) is 0 Å². The summed E-state index contributed by atoms with van der Waals surface area (Å²) >= 11 is 0. The third-order valence-electron chi connectivity index (χ3n) is 4.20. The van der Waals surface area contributed by atoms with Gasteiger partial charge in [0, 0.05) is 11.4 Å². The van der Waals surface area contributed by atoms with Gasteiger partial charge < -0.3 is 47.4 Å². The van der Waals surface area contributed by atoms with E-state index >= 15 is 0 Å². The molecule has 15 heteroatoms. The molecule has 0 bridgehead atoms. The first-order valence-electron chi connectivity index (χ1n) is 9.67. The molecule has 2 unspecified atom stereocenters. The number of anilines is 2. The summed E-state index contributed by atoms with van der Waals surface area (Å²) in [5.74, 6) is -7.23. The molecule has 0 aliphatic rings. The second-order valence-electron chi connectivity index (χ2n) is 7.02. The van der Waals surface area contributed by atoms with Crippen molar-refractivity contribution in [1.29, 1.82) is 0 Å². The smallest absolute Gasteiger partial charge is 0.328 e. The molecule has 3 amide bonds. The number of carboxylic acid groups (broad SMARTS) is 3. The summed E-state index contributed by atoms with van der Waals surface area (Å²) < 4.78 is 0. The van der Waals surface area contributed by atoms with Crippen molar-refractivity contribution in [1.82, 2.24) is 16.0 Å². The third-order valence-corrected chi connectivity index (χ3v) is 4.20. The van der Waals surface area contributed by atoms with Gasteiger partial charge in [-0.1, -0.05) is 0 Å². The molecule has 0 radical (unpaired) electrons. The summed E-state index contributed by atoms with van der Waals surface area (Å²) in [5, 5.41) is 45.0. The molecule has 1 rings (SSSR count). The van der Waals surface area contributed by atoms with Crippen LogP contribution in [-0.2, 0) is 24.0 Å². The van der Waals surface area contributed by atoms with Crippen molar-refractivity contribution in [2.75, 3.05) is 24.1 Å². The van der Waals surface area contributed by atoms with Gasteiger partial charge >= 0.3 is 17.9 Å². The highest BCUT2D eigenvalue weighted by Crippen LogP contribution is 2.18. The van der Waals surface area contributed by atoms with E-state index in [2.05, 4.69) is 16.0 Å². The maximum atomic E-state index is 12.5. The minimum Gasteiger partial charge on any atom is -0.481 e. The van der Waals surface area contributed by atoms with Crippen molar-refractivity contribution >= 4 is 47.0 Å². The van der Waals surface area contributed by atoms with E-state index in [1.807, 2.05) is 5.32 Å². The van der Waals surface area contributed by atoms with Crippen LogP contribution in [-0.4, -0.2) is 87.3 Å². The molecular formula is C19H25N5O10. The highest BCUT2D eigenvalue weighted by Gasteiger charge is 2.30. The normalized spacial score (nSPS) is 13.0. The van der Waals surface area contributed by atoms with Gasteiger partial charge in [0.25, 0.3) is 5.91 Å². The molecule has 0 aliphatic carbocycles. The number of benzene rings is 1. The van der Waals surface area contributed by atoms with Crippen LogP contribution in [0.5, 0.6) is 0 Å². The lowest BCUT2D eigenvalue weighted by Gasteiger charge is -2.22. The maximum Gasteiger partial charge on any atom is 0.328 e. The Hall–Kier alpha value is -4.40. The molecule has 0 heterocycles. The van der Waals surface area contributed by atoms with E-state index in [4.69, 9.17) is 21.1 Å². The van der Waals surface area contributed by atoms with Crippen LogP contribution >= 0.6 is 0 Å². The van der Waals surface area contributed by atoms with Crippen LogP contribution in [0.1, 0.15) is 23.7 Å². The first-order valence-corrected chi connectivity index (χ1v) is 9.67. The van der Waals surface area contributed by atoms with Crippen molar-refractivity contribution in [3.63, 3.8) is 0 Å². The second-order valence-corrected chi connectivity index (χ2v) is 7.02. The molecule has 0 saturated heterocycles. The number of amides is 3. The summed E-state index contributed by atoms with van der Waals surface area (Å²) in [6, 6.07) is 0.561. The molecule has 34 heavy (non-hydrogen) atoms. The minimum atomic E-state index is -1.75. The molecule has 1 aromatic carbocycles. The van der Waals surface area contributed by atoms with Gasteiger partial charge in [-0.25, -0.2) is 4.79 Å². The predicted octanol–water partition coefficient (Wildman–Crippen LogP) is -2.60. The lowest BCUT2D eigenvalue weighted by atomic mass is 10.1. The van der Waals surface area contributed by atoms with Crippen LogP contribution in [0.3, 0.4) is 0 Å². The average molecular weight is 483 g/mol. The van der Waals surface area contributed by atoms with Crippen molar-refractivity contribution < 1.29 is 49.2 Å². The number of aliphatic hydroxyl groups is 1. The number of aliphatic hydroxyl groups excluding tert-OH is 1.